The number of aromatic nitrogens is 9. The van der Waals surface area contributed by atoms with Crippen LogP contribution in [-0.2, 0) is 60.3 Å². The molecule has 0 radical (unpaired) electrons. The van der Waals surface area contributed by atoms with Gasteiger partial charge in [-0.05, 0) is 187 Å². The molecular formula is C122H88Ir3N9S3. The molecule has 0 aliphatic carbocycles. The Kier molecular flexibility index (Phi) is 37.9. The summed E-state index contributed by atoms with van der Waals surface area (Å²) in [6.45, 7) is 10.1. The van der Waals surface area contributed by atoms with Gasteiger partial charge in [-0.25, -0.2) is 0 Å². The van der Waals surface area contributed by atoms with Gasteiger partial charge in [-0.15, -0.1) is 287 Å². The second-order valence-corrected chi connectivity index (χ2v) is 33.9. The standard InChI is InChI=1S/3C18H12NS.2C12H10N.4C11H8N.3Ir/c1-12-9-10-16(19-11-12)15-7-4-6-14-13-5-2-3-8-17(13)20-18(14)15;1-12-6-9-16(19-11-12)13-7-8-15-14-4-2-3-5-17(14)20-18(15)10-13;1-12-6-8-16(19-11-12)13-7-9-18-15(10-13)14-4-2-3-5-17(14)20-18;2*1-10-6-5-9-12(13-10)11-7-3-2-4-8-11;4*1-2-6-10(7-3-1)11-8-4-5-9-12-11;;;/h3*2-6,8-11H,1H3;2*2-7,9H,1H3;4*1-6,8-9H;;;/q9*-1;3*+3. The summed E-state index contributed by atoms with van der Waals surface area (Å²) in [7, 11) is 0. The van der Waals surface area contributed by atoms with E-state index in [0.29, 0.717) is 0 Å². The number of aryl methyl sites for hydroxylation is 5. The SMILES string of the molecule is Cc1ccc(-c2[c-]cc3c(c2)sc2ccccc23)nc1.Cc1ccc(-c2[c-]cc3sc4ccccc4c3c2)nc1.Cc1ccc(-c2[c-]ccc3c2sc2ccccc23)nc1.Cc1cccc(-c2[c-]cccc2)n1.Cc1cccc(-c2[c-]cccc2)n1.[Ir+3].[Ir+3].[Ir+3].[c-]1ccccc1-c1ccccn1.[c-]1ccccc1-c1ccccn1.[c-]1ccccc1-c1ccccn1.[c-]1ccccc1-c1ccccn1. The fraction of sp³-hybridized carbons (Fsp3) is 0.0410. The maximum Gasteiger partial charge on any atom is 3.00 e. The second-order valence-electron chi connectivity index (χ2n) is 30.6. The van der Waals surface area contributed by atoms with Gasteiger partial charge in [-0.1, -0.05) is 180 Å². The Balaban J connectivity index is 0.000000131. The molecule has 0 amide bonds. The van der Waals surface area contributed by atoms with Crippen molar-refractivity contribution in [2.24, 2.45) is 0 Å². The minimum Gasteiger partial charge on any atom is -0.305 e. The van der Waals surface area contributed by atoms with Crippen molar-refractivity contribution in [2.75, 3.05) is 0 Å². The minimum absolute atomic E-state index is 0. The van der Waals surface area contributed by atoms with Crippen LogP contribution in [0.15, 0.2) is 444 Å². The van der Waals surface area contributed by atoms with Gasteiger partial charge >= 0.3 is 60.3 Å². The molecule has 0 aliphatic rings. The average molecular weight is 2350 g/mol. The van der Waals surface area contributed by atoms with Gasteiger partial charge < -0.3 is 44.9 Å². The van der Waals surface area contributed by atoms with E-state index in [1.165, 1.54) is 77.2 Å². The van der Waals surface area contributed by atoms with Crippen LogP contribution in [0.2, 0.25) is 0 Å². The number of nitrogens with zero attached hydrogens (tertiary/aromatic N) is 9. The summed E-state index contributed by atoms with van der Waals surface area (Å²) in [5, 5.41) is 7.81. The third-order valence-electron chi connectivity index (χ3n) is 20.8. The van der Waals surface area contributed by atoms with Crippen LogP contribution in [0.5, 0.6) is 0 Å². The van der Waals surface area contributed by atoms with E-state index in [4.69, 9.17) is 0 Å². The fourth-order valence-corrected chi connectivity index (χ4v) is 17.6. The van der Waals surface area contributed by atoms with E-state index in [9.17, 15) is 0 Å². The minimum atomic E-state index is 0. The molecule has 666 valence electrons. The van der Waals surface area contributed by atoms with Gasteiger partial charge in [0, 0.05) is 68.9 Å². The zero-order valence-corrected chi connectivity index (χ0v) is 85.0. The summed E-state index contributed by atoms with van der Waals surface area (Å²) in [4.78, 5) is 39.2. The molecule has 0 spiro atoms. The van der Waals surface area contributed by atoms with E-state index < -0.39 is 0 Å². The molecule has 0 fully saturated rings. The summed E-state index contributed by atoms with van der Waals surface area (Å²) < 4.78 is 7.81. The Morgan fingerprint density at radius 2 is 0.518 bits per heavy atom. The normalized spacial score (nSPS) is 10.2. The smallest absolute Gasteiger partial charge is 0.305 e. The predicted molar refractivity (Wildman–Crippen MR) is 559 cm³/mol. The quantitative estimate of drug-likeness (QED) is 0.130. The number of pyridine rings is 9. The number of hydrogen-bond acceptors (Lipinski definition) is 12. The Hall–Kier alpha value is -14.4. The first-order valence-electron chi connectivity index (χ1n) is 43.6. The molecule has 24 rings (SSSR count). The zero-order valence-electron chi connectivity index (χ0n) is 75.4. The molecule has 0 saturated carbocycles. The van der Waals surface area contributed by atoms with E-state index >= 15 is 0 Å². The van der Waals surface area contributed by atoms with Gasteiger partial charge in [-0.2, -0.15) is 34.0 Å². The Labute approximate surface area is 854 Å². The average Bonchev–Trinajstić information content (AvgIpc) is 1.64. The van der Waals surface area contributed by atoms with Gasteiger partial charge in [0.25, 0.3) is 0 Å². The monoisotopic (exact) mass is 2350 g/mol. The van der Waals surface area contributed by atoms with Crippen LogP contribution >= 0.6 is 34.0 Å². The van der Waals surface area contributed by atoms with Gasteiger partial charge in [-0.3, -0.25) is 0 Å². The third-order valence-corrected chi connectivity index (χ3v) is 24.3. The van der Waals surface area contributed by atoms with Crippen molar-refractivity contribution < 1.29 is 60.3 Å². The molecule has 12 heterocycles. The molecule has 137 heavy (non-hydrogen) atoms. The molecule has 12 aromatic carbocycles. The summed E-state index contributed by atoms with van der Waals surface area (Å²) >= 11 is 5.46. The summed E-state index contributed by atoms with van der Waals surface area (Å²) in [5.41, 5.74) is 23.9. The number of benzene rings is 12. The van der Waals surface area contributed by atoms with Gasteiger partial charge in [0.05, 0.1) is 0 Å². The van der Waals surface area contributed by atoms with Crippen molar-refractivity contribution in [3.63, 3.8) is 0 Å². The number of thiophene rings is 3. The van der Waals surface area contributed by atoms with Crippen molar-refractivity contribution in [1.29, 1.82) is 0 Å². The van der Waals surface area contributed by atoms with Crippen LogP contribution in [0.1, 0.15) is 28.1 Å². The fourth-order valence-electron chi connectivity index (χ4n) is 14.2. The molecule has 0 saturated heterocycles. The summed E-state index contributed by atoms with van der Waals surface area (Å²) in [6, 6.07) is 162. The van der Waals surface area contributed by atoms with E-state index in [1.54, 1.807) is 24.8 Å². The van der Waals surface area contributed by atoms with Crippen LogP contribution in [-0.4, -0.2) is 44.9 Å². The molecule has 0 N–H and O–H groups in total. The van der Waals surface area contributed by atoms with Gasteiger partial charge in [0.2, 0.25) is 0 Å². The van der Waals surface area contributed by atoms with E-state index in [1.807, 2.05) is 327 Å². The Morgan fingerprint density at radius 3 is 0.883 bits per heavy atom. The first-order valence-corrected chi connectivity index (χ1v) is 46.1. The zero-order chi connectivity index (χ0) is 91.7. The van der Waals surface area contributed by atoms with Crippen LogP contribution in [0, 0.1) is 89.2 Å². The molecular weight excluding hydrogens is 2260 g/mol. The van der Waals surface area contributed by atoms with Crippen LogP contribution in [0.4, 0.5) is 0 Å². The maximum absolute atomic E-state index is 4.54. The Bertz CT molecular complexity index is 7190. The molecule has 0 atom stereocenters. The maximum atomic E-state index is 4.54. The topological polar surface area (TPSA) is 116 Å². The number of fused-ring (bicyclic) bond motifs is 9. The molecule has 24 aromatic rings. The molecule has 9 nitrogen and oxygen atoms in total. The largest absolute Gasteiger partial charge is 3.00 e. The molecule has 0 unspecified atom stereocenters. The first kappa shape index (κ1) is 100. The van der Waals surface area contributed by atoms with Gasteiger partial charge in [0.15, 0.2) is 0 Å². The second kappa shape index (κ2) is 51.9. The molecule has 12 aromatic heterocycles. The van der Waals surface area contributed by atoms with E-state index in [2.05, 4.69) is 260 Å². The van der Waals surface area contributed by atoms with E-state index in [-0.39, 0.29) is 60.3 Å². The molecule has 0 aliphatic heterocycles. The van der Waals surface area contributed by atoms with E-state index in [0.717, 1.165) is 113 Å². The van der Waals surface area contributed by atoms with Crippen molar-refractivity contribution >= 4 is 94.5 Å². The molecule has 0 bridgehead atoms. The number of rotatable bonds is 9. The predicted octanol–water partition coefficient (Wildman–Crippen LogP) is 31.6. The van der Waals surface area contributed by atoms with Crippen molar-refractivity contribution in [1.82, 2.24) is 44.9 Å². The Morgan fingerprint density at radius 1 is 0.197 bits per heavy atom. The summed E-state index contributed by atoms with van der Waals surface area (Å²) in [6.07, 6.45) is 12.9. The van der Waals surface area contributed by atoms with Crippen LogP contribution < -0.4 is 0 Å². The molecule has 15 heteroatoms. The van der Waals surface area contributed by atoms with Gasteiger partial charge in [0.1, 0.15) is 0 Å². The van der Waals surface area contributed by atoms with Crippen LogP contribution in [0.3, 0.4) is 0 Å². The van der Waals surface area contributed by atoms with Crippen molar-refractivity contribution in [3.8, 4) is 101 Å². The van der Waals surface area contributed by atoms with Crippen molar-refractivity contribution in [2.45, 2.75) is 34.6 Å². The number of hydrogen-bond donors (Lipinski definition) is 0. The third kappa shape index (κ3) is 28.1. The first-order chi connectivity index (χ1) is 66.0. The van der Waals surface area contributed by atoms with Crippen LogP contribution in [0.25, 0.3) is 162 Å². The summed E-state index contributed by atoms with van der Waals surface area (Å²) in [5.74, 6) is 0. The van der Waals surface area contributed by atoms with Crippen molar-refractivity contribution in [3.05, 3.63) is 526 Å².